The highest BCUT2D eigenvalue weighted by Gasteiger charge is 2.11. The number of furan rings is 1. The molecule has 0 bridgehead atoms. The number of hydrogen-bond acceptors (Lipinski definition) is 5. The summed E-state index contributed by atoms with van der Waals surface area (Å²) in [6.45, 7) is 0.837. The van der Waals surface area contributed by atoms with E-state index in [2.05, 4.69) is 26.8 Å². The molecule has 2 amide bonds. The van der Waals surface area contributed by atoms with Gasteiger partial charge >= 0.3 is 5.91 Å². The standard InChI is InChI=1S/C13H14BrN3O3S/c1-17(7-9-4-5-11(14)21-9)8-12(18)15-16-13(19)10-3-2-6-20-10/h2-6H,7-8H2,1H3,(H,15,18)(H,16,19). The van der Waals surface area contributed by atoms with Gasteiger partial charge in [-0.15, -0.1) is 11.3 Å². The number of likely N-dealkylation sites (N-methyl/N-ethyl adjacent to an activating group) is 1. The number of rotatable bonds is 5. The van der Waals surface area contributed by atoms with Crippen LogP contribution in [-0.4, -0.2) is 30.3 Å². The summed E-state index contributed by atoms with van der Waals surface area (Å²) in [6.07, 6.45) is 1.39. The molecule has 112 valence electrons. The van der Waals surface area contributed by atoms with Gasteiger partial charge in [0.1, 0.15) is 0 Å². The van der Waals surface area contributed by atoms with Crippen LogP contribution in [0.5, 0.6) is 0 Å². The molecule has 0 atom stereocenters. The van der Waals surface area contributed by atoms with Gasteiger partial charge in [0.05, 0.1) is 16.6 Å². The molecular formula is C13H14BrN3O3S. The Bertz CT molecular complexity index is 612. The van der Waals surface area contributed by atoms with Crippen molar-refractivity contribution in [3.8, 4) is 0 Å². The molecule has 0 saturated heterocycles. The van der Waals surface area contributed by atoms with Crippen LogP contribution in [0.4, 0.5) is 0 Å². The van der Waals surface area contributed by atoms with Gasteiger partial charge in [-0.1, -0.05) is 0 Å². The molecule has 8 heteroatoms. The second kappa shape index (κ2) is 7.39. The van der Waals surface area contributed by atoms with Crippen LogP contribution in [-0.2, 0) is 11.3 Å². The minimum Gasteiger partial charge on any atom is -0.459 e. The van der Waals surface area contributed by atoms with Crippen molar-refractivity contribution in [3.05, 3.63) is 45.0 Å². The van der Waals surface area contributed by atoms with Crippen molar-refractivity contribution < 1.29 is 14.0 Å². The summed E-state index contributed by atoms with van der Waals surface area (Å²) < 4.78 is 5.97. The number of hydrogen-bond donors (Lipinski definition) is 2. The Morgan fingerprint density at radius 3 is 2.76 bits per heavy atom. The molecular weight excluding hydrogens is 358 g/mol. The second-order valence-electron chi connectivity index (χ2n) is 4.36. The maximum Gasteiger partial charge on any atom is 0.305 e. The summed E-state index contributed by atoms with van der Waals surface area (Å²) in [4.78, 5) is 26.3. The molecule has 0 aliphatic heterocycles. The first-order valence-electron chi connectivity index (χ1n) is 6.10. The molecule has 0 aromatic carbocycles. The first-order chi connectivity index (χ1) is 10.0. The van der Waals surface area contributed by atoms with Crippen LogP contribution >= 0.6 is 27.3 Å². The molecule has 2 aromatic heterocycles. The maximum atomic E-state index is 11.7. The molecule has 0 spiro atoms. The average Bonchev–Trinajstić information content (AvgIpc) is 3.07. The lowest BCUT2D eigenvalue weighted by molar-refractivity contribution is -0.122. The Morgan fingerprint density at radius 1 is 1.33 bits per heavy atom. The van der Waals surface area contributed by atoms with E-state index in [9.17, 15) is 9.59 Å². The lowest BCUT2D eigenvalue weighted by atomic mass is 10.4. The number of nitrogens with one attached hydrogen (secondary N) is 2. The number of amides is 2. The van der Waals surface area contributed by atoms with Gasteiger partial charge in [0, 0.05) is 11.4 Å². The van der Waals surface area contributed by atoms with Gasteiger partial charge in [-0.25, -0.2) is 0 Å². The quantitative estimate of drug-likeness (QED) is 0.788. The molecule has 2 heterocycles. The average molecular weight is 372 g/mol. The SMILES string of the molecule is CN(CC(=O)NNC(=O)c1ccco1)Cc1ccc(Br)s1. The molecule has 6 nitrogen and oxygen atoms in total. The predicted octanol–water partition coefficient (Wildman–Crippen LogP) is 2.00. The van der Waals surface area contributed by atoms with Gasteiger partial charge in [-0.3, -0.25) is 25.3 Å². The lowest BCUT2D eigenvalue weighted by Gasteiger charge is -2.15. The number of hydrazine groups is 1. The van der Waals surface area contributed by atoms with Crippen LogP contribution in [0.15, 0.2) is 38.7 Å². The highest BCUT2D eigenvalue weighted by molar-refractivity contribution is 9.11. The summed E-state index contributed by atoms with van der Waals surface area (Å²) >= 11 is 5.02. The van der Waals surface area contributed by atoms with E-state index in [4.69, 9.17) is 4.42 Å². The van der Waals surface area contributed by atoms with E-state index in [1.54, 1.807) is 17.4 Å². The van der Waals surface area contributed by atoms with Crippen LogP contribution < -0.4 is 10.9 Å². The number of halogens is 1. The second-order valence-corrected chi connectivity index (χ2v) is 6.91. The Morgan fingerprint density at radius 2 is 2.14 bits per heavy atom. The highest BCUT2D eigenvalue weighted by Crippen LogP contribution is 2.22. The third-order valence-corrected chi connectivity index (χ3v) is 4.14. The van der Waals surface area contributed by atoms with Crippen LogP contribution in [0.3, 0.4) is 0 Å². The largest absolute Gasteiger partial charge is 0.459 e. The van der Waals surface area contributed by atoms with Gasteiger partial charge in [0.25, 0.3) is 5.91 Å². The topological polar surface area (TPSA) is 74.6 Å². The fourth-order valence-corrected chi connectivity index (χ4v) is 3.20. The lowest BCUT2D eigenvalue weighted by Crippen LogP contribution is -2.45. The Hall–Kier alpha value is -1.64. The first kappa shape index (κ1) is 15.7. The number of nitrogens with zero attached hydrogens (tertiary/aromatic N) is 1. The Balaban J connectivity index is 1.72. The van der Waals surface area contributed by atoms with Crippen molar-refractivity contribution in [2.75, 3.05) is 13.6 Å². The minimum atomic E-state index is -0.488. The Kier molecular flexibility index (Phi) is 5.54. The van der Waals surface area contributed by atoms with Crippen molar-refractivity contribution in [2.24, 2.45) is 0 Å². The molecule has 0 unspecified atom stereocenters. The van der Waals surface area contributed by atoms with Crippen molar-refractivity contribution in [1.29, 1.82) is 0 Å². The van der Waals surface area contributed by atoms with Crippen molar-refractivity contribution in [2.45, 2.75) is 6.54 Å². The van der Waals surface area contributed by atoms with Gasteiger partial charge in [0.15, 0.2) is 5.76 Å². The maximum absolute atomic E-state index is 11.7. The molecule has 0 saturated carbocycles. The third-order valence-electron chi connectivity index (χ3n) is 2.53. The predicted molar refractivity (Wildman–Crippen MR) is 82.7 cm³/mol. The summed E-state index contributed by atoms with van der Waals surface area (Å²) in [5.41, 5.74) is 4.64. The van der Waals surface area contributed by atoms with Gasteiger partial charge in [0.2, 0.25) is 0 Å². The molecule has 2 rings (SSSR count). The van der Waals surface area contributed by atoms with Gasteiger partial charge < -0.3 is 4.42 Å². The van der Waals surface area contributed by atoms with E-state index in [1.807, 2.05) is 24.1 Å². The summed E-state index contributed by atoms with van der Waals surface area (Å²) in [5.74, 6) is -0.640. The van der Waals surface area contributed by atoms with Gasteiger partial charge in [-0.2, -0.15) is 0 Å². The third kappa shape index (κ3) is 5.00. The summed E-state index contributed by atoms with van der Waals surface area (Å²) in [5, 5.41) is 0. The summed E-state index contributed by atoms with van der Waals surface area (Å²) in [6, 6.07) is 7.09. The van der Waals surface area contributed by atoms with E-state index >= 15 is 0 Å². The number of thiophene rings is 1. The van der Waals surface area contributed by atoms with E-state index in [0.717, 1.165) is 8.66 Å². The molecule has 0 aliphatic rings. The van der Waals surface area contributed by atoms with Gasteiger partial charge in [-0.05, 0) is 47.2 Å². The van der Waals surface area contributed by atoms with E-state index in [-0.39, 0.29) is 18.2 Å². The minimum absolute atomic E-state index is 0.145. The molecule has 0 fully saturated rings. The molecule has 2 N–H and O–H groups in total. The van der Waals surface area contributed by atoms with Crippen molar-refractivity contribution >= 4 is 39.1 Å². The monoisotopic (exact) mass is 371 g/mol. The molecule has 21 heavy (non-hydrogen) atoms. The zero-order valence-corrected chi connectivity index (χ0v) is 13.7. The fourth-order valence-electron chi connectivity index (χ4n) is 1.64. The van der Waals surface area contributed by atoms with E-state index < -0.39 is 5.91 Å². The van der Waals surface area contributed by atoms with Crippen molar-refractivity contribution in [1.82, 2.24) is 15.8 Å². The van der Waals surface area contributed by atoms with Crippen LogP contribution in [0.1, 0.15) is 15.4 Å². The van der Waals surface area contributed by atoms with E-state index in [0.29, 0.717) is 6.54 Å². The van der Waals surface area contributed by atoms with Crippen LogP contribution in [0, 0.1) is 0 Å². The molecule has 0 radical (unpaired) electrons. The number of carbonyl (C=O) groups is 2. The van der Waals surface area contributed by atoms with Crippen LogP contribution in [0.25, 0.3) is 0 Å². The highest BCUT2D eigenvalue weighted by atomic mass is 79.9. The zero-order valence-electron chi connectivity index (χ0n) is 11.3. The fraction of sp³-hybridized carbons (Fsp3) is 0.231. The van der Waals surface area contributed by atoms with Crippen molar-refractivity contribution in [3.63, 3.8) is 0 Å². The zero-order chi connectivity index (χ0) is 15.2. The first-order valence-corrected chi connectivity index (χ1v) is 7.71. The molecule has 0 aliphatic carbocycles. The smallest absolute Gasteiger partial charge is 0.305 e. The Labute approximate surface area is 134 Å². The van der Waals surface area contributed by atoms with Crippen LogP contribution in [0.2, 0.25) is 0 Å². The molecule has 2 aromatic rings. The number of carbonyl (C=O) groups excluding carboxylic acids is 2. The normalized spacial score (nSPS) is 10.6. The van der Waals surface area contributed by atoms with E-state index in [1.165, 1.54) is 12.3 Å². The summed E-state index contributed by atoms with van der Waals surface area (Å²) in [7, 11) is 1.83.